The molecule has 1 saturated carbocycles. The highest BCUT2D eigenvalue weighted by molar-refractivity contribution is 6.30. The van der Waals surface area contributed by atoms with E-state index in [9.17, 15) is 27.2 Å². The van der Waals surface area contributed by atoms with Crippen LogP contribution in [0.4, 0.5) is 17.6 Å². The summed E-state index contributed by atoms with van der Waals surface area (Å²) < 4.78 is 55.0. The summed E-state index contributed by atoms with van der Waals surface area (Å²) >= 11 is 5.95. The minimum absolute atomic E-state index is 0.0761. The van der Waals surface area contributed by atoms with E-state index in [0.29, 0.717) is 18.9 Å². The molecule has 1 heterocycles. The van der Waals surface area contributed by atoms with E-state index in [-0.39, 0.29) is 22.2 Å². The lowest BCUT2D eigenvalue weighted by Gasteiger charge is -2.36. The maximum atomic E-state index is 14.5. The molecule has 0 radical (unpaired) electrons. The van der Waals surface area contributed by atoms with Crippen LogP contribution in [-0.2, 0) is 21.3 Å². The number of pyridine rings is 1. The van der Waals surface area contributed by atoms with Crippen molar-refractivity contribution >= 4 is 23.4 Å². The Morgan fingerprint density at radius 3 is 2.30 bits per heavy atom. The Morgan fingerprint density at radius 2 is 1.76 bits per heavy atom. The number of nitrogens with one attached hydrogen (secondary N) is 1. The quantitative estimate of drug-likeness (QED) is 0.591. The average molecular weight is 486 g/mol. The molecule has 0 saturated heterocycles. The molecule has 2 amide bonds. The summed E-state index contributed by atoms with van der Waals surface area (Å²) in [5, 5.41) is 3.04. The van der Waals surface area contributed by atoms with Crippen molar-refractivity contribution in [2.75, 3.05) is 14.1 Å². The number of nitrogens with zero attached hydrogens (tertiary/aromatic N) is 2. The predicted molar refractivity (Wildman–Crippen MR) is 115 cm³/mol. The number of carbonyl (C=O) groups is 2. The van der Waals surface area contributed by atoms with Crippen molar-refractivity contribution in [1.29, 1.82) is 0 Å². The fraction of sp³-hybridized carbons (Fsp3) is 0.435. The lowest BCUT2D eigenvalue weighted by Crippen LogP contribution is -2.51. The highest BCUT2D eigenvalue weighted by Gasteiger charge is 2.43. The van der Waals surface area contributed by atoms with E-state index >= 15 is 0 Å². The Bertz CT molecular complexity index is 1020. The van der Waals surface area contributed by atoms with Crippen LogP contribution in [0.2, 0.25) is 5.02 Å². The molecule has 3 rings (SSSR count). The van der Waals surface area contributed by atoms with Crippen molar-refractivity contribution in [3.63, 3.8) is 0 Å². The summed E-state index contributed by atoms with van der Waals surface area (Å²) in [6.07, 6.45) is -1.11. The molecule has 1 fully saturated rings. The number of hydrogen-bond donors (Lipinski definition) is 1. The summed E-state index contributed by atoms with van der Waals surface area (Å²) in [5.74, 6) is -2.42. The SMILES string of the molecule is CN(C)C(=O)C[C@](NC(=O)C1CCCC1)(c1cc(F)cc(C(F)(F)F)c1)c1ccc(Cl)cn1. The maximum absolute atomic E-state index is 14.5. The predicted octanol–water partition coefficient (Wildman–Crippen LogP) is 4.92. The van der Waals surface area contributed by atoms with Crippen molar-refractivity contribution in [3.05, 3.63) is 64.2 Å². The van der Waals surface area contributed by atoms with Gasteiger partial charge in [-0.25, -0.2) is 4.39 Å². The van der Waals surface area contributed by atoms with E-state index in [1.54, 1.807) is 0 Å². The number of alkyl halides is 3. The van der Waals surface area contributed by atoms with Gasteiger partial charge in [-0.1, -0.05) is 24.4 Å². The second-order valence-corrected chi connectivity index (χ2v) is 8.87. The van der Waals surface area contributed by atoms with E-state index < -0.39 is 41.3 Å². The summed E-state index contributed by atoms with van der Waals surface area (Å²) in [4.78, 5) is 31.5. The number of benzene rings is 1. The highest BCUT2D eigenvalue weighted by Crippen LogP contribution is 2.39. The topological polar surface area (TPSA) is 62.3 Å². The highest BCUT2D eigenvalue weighted by atomic mass is 35.5. The first-order valence-electron chi connectivity index (χ1n) is 10.4. The van der Waals surface area contributed by atoms with Crippen LogP contribution >= 0.6 is 11.6 Å². The first kappa shape index (κ1) is 25.0. The normalized spacial score (nSPS) is 16.3. The molecular formula is C23H24ClF4N3O2. The van der Waals surface area contributed by atoms with Gasteiger partial charge in [-0.05, 0) is 48.7 Å². The van der Waals surface area contributed by atoms with Crippen LogP contribution in [0.5, 0.6) is 0 Å². The molecule has 5 nitrogen and oxygen atoms in total. The third kappa shape index (κ3) is 5.63. The lowest BCUT2D eigenvalue weighted by molar-refractivity contribution is -0.137. The molecule has 10 heteroatoms. The molecule has 2 aromatic rings. The molecule has 0 aliphatic heterocycles. The third-order valence-corrected chi connectivity index (χ3v) is 6.08. The standard InChI is InChI=1S/C23H24ClF4N3O2/c1-31(2)20(32)12-22(19-8-7-17(24)13-29-19,30-21(33)14-5-3-4-6-14)15-9-16(23(26,27)28)11-18(25)10-15/h7-11,13-14H,3-6,12H2,1-2H3,(H,30,33)/t22-/m0/s1. The molecule has 1 aromatic heterocycles. The number of halogens is 5. The van der Waals surface area contributed by atoms with Crippen LogP contribution in [0, 0.1) is 11.7 Å². The zero-order valence-corrected chi connectivity index (χ0v) is 18.9. The molecular weight excluding hydrogens is 462 g/mol. The van der Waals surface area contributed by atoms with Crippen molar-refractivity contribution in [2.45, 2.75) is 43.8 Å². The minimum atomic E-state index is -4.84. The molecule has 0 bridgehead atoms. The number of rotatable bonds is 6. The number of hydrogen-bond acceptors (Lipinski definition) is 3. The van der Waals surface area contributed by atoms with E-state index in [1.807, 2.05) is 0 Å². The summed E-state index contributed by atoms with van der Waals surface area (Å²) in [5.41, 5.74) is -3.23. The van der Waals surface area contributed by atoms with Gasteiger partial charge >= 0.3 is 6.18 Å². The average Bonchev–Trinajstić information content (AvgIpc) is 3.27. The smallest absolute Gasteiger partial charge is 0.349 e. The van der Waals surface area contributed by atoms with Crippen LogP contribution in [0.15, 0.2) is 36.5 Å². The monoisotopic (exact) mass is 485 g/mol. The Balaban J connectivity index is 2.25. The molecule has 1 atom stereocenters. The van der Waals surface area contributed by atoms with Gasteiger partial charge in [-0.2, -0.15) is 13.2 Å². The van der Waals surface area contributed by atoms with Crippen molar-refractivity contribution < 1.29 is 27.2 Å². The Morgan fingerprint density at radius 1 is 1.12 bits per heavy atom. The Labute approximate surface area is 194 Å². The summed E-state index contributed by atoms with van der Waals surface area (Å²) in [6.45, 7) is 0. The van der Waals surface area contributed by atoms with Crippen molar-refractivity contribution in [2.24, 2.45) is 5.92 Å². The molecule has 1 N–H and O–H groups in total. The van der Waals surface area contributed by atoms with Gasteiger partial charge in [0.25, 0.3) is 0 Å². The van der Waals surface area contributed by atoms with Gasteiger partial charge in [0, 0.05) is 26.2 Å². The first-order valence-corrected chi connectivity index (χ1v) is 10.8. The van der Waals surface area contributed by atoms with E-state index in [0.717, 1.165) is 25.0 Å². The van der Waals surface area contributed by atoms with Crippen LogP contribution in [-0.4, -0.2) is 35.8 Å². The molecule has 0 spiro atoms. The molecule has 33 heavy (non-hydrogen) atoms. The summed E-state index contributed by atoms with van der Waals surface area (Å²) in [7, 11) is 2.96. The third-order valence-electron chi connectivity index (χ3n) is 5.86. The number of carbonyl (C=O) groups excluding carboxylic acids is 2. The van der Waals surface area contributed by atoms with Crippen molar-refractivity contribution in [1.82, 2.24) is 15.2 Å². The fourth-order valence-electron chi connectivity index (χ4n) is 4.03. The first-order chi connectivity index (χ1) is 15.4. The van der Waals surface area contributed by atoms with Gasteiger partial charge in [0.1, 0.15) is 11.4 Å². The molecule has 178 valence electrons. The zero-order chi connectivity index (χ0) is 24.4. The van der Waals surface area contributed by atoms with Crippen LogP contribution in [0.3, 0.4) is 0 Å². The summed E-state index contributed by atoms with van der Waals surface area (Å²) in [6, 6.07) is 4.87. The number of amides is 2. The molecule has 1 aliphatic rings. The second-order valence-electron chi connectivity index (χ2n) is 8.43. The maximum Gasteiger partial charge on any atom is 0.416 e. The van der Waals surface area contributed by atoms with Gasteiger partial charge in [-0.15, -0.1) is 0 Å². The van der Waals surface area contributed by atoms with E-state index in [2.05, 4.69) is 10.3 Å². The van der Waals surface area contributed by atoms with Crippen LogP contribution < -0.4 is 5.32 Å². The minimum Gasteiger partial charge on any atom is -0.349 e. The Kier molecular flexibility index (Phi) is 7.31. The zero-order valence-electron chi connectivity index (χ0n) is 18.2. The van der Waals surface area contributed by atoms with Crippen LogP contribution in [0.25, 0.3) is 0 Å². The Hall–Kier alpha value is -2.68. The van der Waals surface area contributed by atoms with Gasteiger partial charge in [0.15, 0.2) is 0 Å². The van der Waals surface area contributed by atoms with Crippen molar-refractivity contribution in [3.8, 4) is 0 Å². The largest absolute Gasteiger partial charge is 0.416 e. The van der Waals surface area contributed by atoms with Gasteiger partial charge in [-0.3, -0.25) is 14.6 Å². The van der Waals surface area contributed by atoms with Gasteiger partial charge in [0.05, 0.1) is 22.7 Å². The van der Waals surface area contributed by atoms with E-state index in [1.165, 1.54) is 37.3 Å². The lowest BCUT2D eigenvalue weighted by atomic mass is 9.81. The molecule has 1 aliphatic carbocycles. The van der Waals surface area contributed by atoms with E-state index in [4.69, 9.17) is 11.6 Å². The van der Waals surface area contributed by atoms with Gasteiger partial charge < -0.3 is 10.2 Å². The molecule has 0 unspecified atom stereocenters. The van der Waals surface area contributed by atoms with Gasteiger partial charge in [0.2, 0.25) is 11.8 Å². The molecule has 1 aromatic carbocycles. The number of aromatic nitrogens is 1. The second kappa shape index (κ2) is 9.67. The fourth-order valence-corrected chi connectivity index (χ4v) is 4.15. The van der Waals surface area contributed by atoms with Crippen LogP contribution in [0.1, 0.15) is 48.9 Å².